The number of aromatic nitrogens is 2. The van der Waals surface area contributed by atoms with E-state index in [2.05, 4.69) is 20.4 Å². The van der Waals surface area contributed by atoms with Crippen LogP contribution in [0.3, 0.4) is 0 Å². The number of nitrogens with zero attached hydrogens (tertiary/aromatic N) is 3. The molecule has 2 saturated heterocycles. The molecule has 0 unspecified atom stereocenters. The number of halogens is 1. The van der Waals surface area contributed by atoms with Crippen LogP contribution in [0.1, 0.15) is 24.7 Å². The van der Waals surface area contributed by atoms with Gasteiger partial charge in [0.2, 0.25) is 17.6 Å². The van der Waals surface area contributed by atoms with E-state index in [-0.39, 0.29) is 17.9 Å². The maximum Gasteiger partial charge on any atom is 0.234 e. The lowest BCUT2D eigenvalue weighted by Crippen LogP contribution is -2.50. The highest BCUT2D eigenvalue weighted by Gasteiger charge is 2.33. The van der Waals surface area contributed by atoms with E-state index in [1.165, 1.54) is 0 Å². The van der Waals surface area contributed by atoms with Gasteiger partial charge >= 0.3 is 0 Å². The maximum absolute atomic E-state index is 12.0. The summed E-state index contributed by atoms with van der Waals surface area (Å²) in [5.74, 6) is 1.34. The molecule has 8 heteroatoms. The van der Waals surface area contributed by atoms with Crippen LogP contribution in [0.5, 0.6) is 0 Å². The largest absolute Gasteiger partial charge is 0.376 e. The van der Waals surface area contributed by atoms with Gasteiger partial charge in [0, 0.05) is 36.8 Å². The lowest BCUT2D eigenvalue weighted by Gasteiger charge is -2.36. The summed E-state index contributed by atoms with van der Waals surface area (Å²) in [6, 6.07) is 7.36. The van der Waals surface area contributed by atoms with E-state index in [0.717, 1.165) is 38.1 Å². The second-order valence-corrected chi connectivity index (χ2v) is 7.23. The van der Waals surface area contributed by atoms with Crippen LogP contribution in [0.25, 0.3) is 11.4 Å². The van der Waals surface area contributed by atoms with Crippen LogP contribution in [0.2, 0.25) is 5.02 Å². The summed E-state index contributed by atoms with van der Waals surface area (Å²) < 4.78 is 10.9. The van der Waals surface area contributed by atoms with Crippen LogP contribution >= 0.6 is 11.6 Å². The Morgan fingerprint density at radius 2 is 2.27 bits per heavy atom. The van der Waals surface area contributed by atoms with Gasteiger partial charge in [-0.2, -0.15) is 4.98 Å². The molecule has 2 aromatic rings. The molecule has 2 aliphatic rings. The first-order chi connectivity index (χ1) is 12.7. The van der Waals surface area contributed by atoms with E-state index in [1.54, 1.807) is 6.07 Å². The molecule has 3 heterocycles. The highest BCUT2D eigenvalue weighted by Crippen LogP contribution is 2.28. The average molecular weight is 377 g/mol. The van der Waals surface area contributed by atoms with Gasteiger partial charge in [-0.05, 0) is 25.0 Å². The number of likely N-dealkylation sites (tertiary alicyclic amines) is 1. The van der Waals surface area contributed by atoms with Crippen LogP contribution in [0.15, 0.2) is 28.8 Å². The zero-order valence-electron chi connectivity index (χ0n) is 14.4. The Morgan fingerprint density at radius 3 is 3.04 bits per heavy atom. The van der Waals surface area contributed by atoms with Crippen molar-refractivity contribution in [3.8, 4) is 11.4 Å². The van der Waals surface area contributed by atoms with Crippen molar-refractivity contribution in [2.75, 3.05) is 32.8 Å². The van der Waals surface area contributed by atoms with Crippen molar-refractivity contribution in [3.63, 3.8) is 0 Å². The Labute approximate surface area is 156 Å². The summed E-state index contributed by atoms with van der Waals surface area (Å²) in [6.07, 6.45) is 2.28. The molecule has 0 bridgehead atoms. The summed E-state index contributed by atoms with van der Waals surface area (Å²) in [5, 5.41) is 7.61. The first-order valence-electron chi connectivity index (χ1n) is 8.87. The molecule has 7 nitrogen and oxygen atoms in total. The first kappa shape index (κ1) is 17.5. The van der Waals surface area contributed by atoms with Gasteiger partial charge in [0.15, 0.2) is 0 Å². The van der Waals surface area contributed by atoms with E-state index in [1.807, 2.05) is 18.2 Å². The van der Waals surface area contributed by atoms with Gasteiger partial charge in [-0.15, -0.1) is 0 Å². The van der Waals surface area contributed by atoms with Crippen LogP contribution in [0.4, 0.5) is 0 Å². The first-order valence-corrected chi connectivity index (χ1v) is 9.25. The van der Waals surface area contributed by atoms with Gasteiger partial charge in [-0.1, -0.05) is 28.9 Å². The molecule has 1 aromatic carbocycles. The summed E-state index contributed by atoms with van der Waals surface area (Å²) in [6.45, 7) is 3.27. The third kappa shape index (κ3) is 4.06. The molecule has 1 aromatic heterocycles. The minimum Gasteiger partial charge on any atom is -0.376 e. The second-order valence-electron chi connectivity index (χ2n) is 6.80. The number of amides is 1. The number of hydrogen-bond donors (Lipinski definition) is 1. The van der Waals surface area contributed by atoms with Crippen molar-refractivity contribution in [1.82, 2.24) is 20.4 Å². The number of ether oxygens (including phenoxy) is 1. The molecule has 1 N–H and O–H groups in total. The van der Waals surface area contributed by atoms with Gasteiger partial charge in [-0.25, -0.2) is 0 Å². The minimum absolute atomic E-state index is 0.0316. The lowest BCUT2D eigenvalue weighted by molar-refractivity contribution is -0.123. The van der Waals surface area contributed by atoms with Gasteiger partial charge < -0.3 is 14.6 Å². The highest BCUT2D eigenvalue weighted by atomic mass is 35.5. The molecule has 1 amide bonds. The monoisotopic (exact) mass is 376 g/mol. The van der Waals surface area contributed by atoms with E-state index in [0.29, 0.717) is 29.8 Å². The van der Waals surface area contributed by atoms with Gasteiger partial charge in [0.05, 0.1) is 18.6 Å². The molecule has 2 fully saturated rings. The number of benzene rings is 1. The van der Waals surface area contributed by atoms with Crippen molar-refractivity contribution in [3.05, 3.63) is 35.2 Å². The van der Waals surface area contributed by atoms with Crippen molar-refractivity contribution in [1.29, 1.82) is 0 Å². The summed E-state index contributed by atoms with van der Waals surface area (Å²) in [4.78, 5) is 18.5. The van der Waals surface area contributed by atoms with Crippen molar-refractivity contribution in [2.24, 2.45) is 0 Å². The molecule has 0 saturated carbocycles. The van der Waals surface area contributed by atoms with E-state index < -0.39 is 0 Å². The number of nitrogens with one attached hydrogen (secondary N) is 1. The Morgan fingerprint density at radius 1 is 1.38 bits per heavy atom. The highest BCUT2D eigenvalue weighted by molar-refractivity contribution is 6.30. The SMILES string of the molecule is O=C(CN1CC(c2nc(-c3cccc(Cl)c3)no2)C1)NC[C@@H]1CCCO1. The van der Waals surface area contributed by atoms with Crippen LogP contribution in [-0.4, -0.2) is 59.8 Å². The lowest BCUT2D eigenvalue weighted by atomic mass is 10.0. The number of carbonyl (C=O) groups excluding carboxylic acids is 1. The third-order valence-electron chi connectivity index (χ3n) is 4.75. The third-order valence-corrected chi connectivity index (χ3v) is 4.98. The van der Waals surface area contributed by atoms with Crippen molar-refractivity contribution in [2.45, 2.75) is 24.9 Å². The maximum atomic E-state index is 12.0. The summed E-state index contributed by atoms with van der Waals surface area (Å²) in [7, 11) is 0. The van der Waals surface area contributed by atoms with E-state index in [9.17, 15) is 4.79 Å². The Hall–Kier alpha value is -1.96. The van der Waals surface area contributed by atoms with Gasteiger partial charge in [0.25, 0.3) is 0 Å². The molecule has 0 radical (unpaired) electrons. The summed E-state index contributed by atoms with van der Waals surface area (Å²) >= 11 is 6.00. The topological polar surface area (TPSA) is 80.5 Å². The van der Waals surface area contributed by atoms with Crippen LogP contribution < -0.4 is 5.32 Å². The zero-order valence-corrected chi connectivity index (χ0v) is 15.1. The number of hydrogen-bond acceptors (Lipinski definition) is 6. The van der Waals surface area contributed by atoms with Crippen LogP contribution in [-0.2, 0) is 9.53 Å². The smallest absolute Gasteiger partial charge is 0.234 e. The Balaban J connectivity index is 1.24. The predicted molar refractivity (Wildman–Crippen MR) is 95.9 cm³/mol. The summed E-state index contributed by atoms with van der Waals surface area (Å²) in [5.41, 5.74) is 0.831. The molecular weight excluding hydrogens is 356 g/mol. The molecule has 0 spiro atoms. The van der Waals surface area contributed by atoms with Gasteiger partial charge in [-0.3, -0.25) is 9.69 Å². The standard InChI is InChI=1S/C18H21ClN4O3/c19-14-4-1-3-12(7-14)17-21-18(26-22-17)13-9-23(10-13)11-16(24)20-8-15-5-2-6-25-15/h1,3-4,7,13,15H,2,5-6,8-11H2,(H,20,24)/t15-/m0/s1. The molecule has 4 rings (SSSR count). The fourth-order valence-electron chi connectivity index (χ4n) is 3.29. The Bertz CT molecular complexity index is 769. The molecule has 0 aliphatic carbocycles. The second kappa shape index (κ2) is 7.73. The normalized spacial score (nSPS) is 20.9. The molecule has 26 heavy (non-hydrogen) atoms. The average Bonchev–Trinajstić information content (AvgIpc) is 3.27. The molecule has 2 aliphatic heterocycles. The molecule has 1 atom stereocenters. The van der Waals surface area contributed by atoms with Crippen molar-refractivity contribution < 1.29 is 14.1 Å². The minimum atomic E-state index is 0.0316. The van der Waals surface area contributed by atoms with Gasteiger partial charge in [0.1, 0.15) is 0 Å². The Kier molecular flexibility index (Phi) is 5.19. The molecular formula is C18H21ClN4O3. The fourth-order valence-corrected chi connectivity index (χ4v) is 3.48. The van der Waals surface area contributed by atoms with E-state index in [4.69, 9.17) is 20.9 Å². The quantitative estimate of drug-likeness (QED) is 0.831. The zero-order chi connectivity index (χ0) is 17.9. The number of rotatable bonds is 6. The molecule has 138 valence electrons. The fraction of sp³-hybridized carbons (Fsp3) is 0.500. The predicted octanol–water partition coefficient (Wildman–Crippen LogP) is 2.08. The number of carbonyl (C=O) groups is 1. The van der Waals surface area contributed by atoms with Crippen molar-refractivity contribution >= 4 is 17.5 Å². The van der Waals surface area contributed by atoms with Crippen LogP contribution in [0, 0.1) is 0 Å². The van der Waals surface area contributed by atoms with E-state index >= 15 is 0 Å².